The summed E-state index contributed by atoms with van der Waals surface area (Å²) in [5.41, 5.74) is 4.34. The van der Waals surface area contributed by atoms with Gasteiger partial charge in [0, 0.05) is 49.8 Å². The number of benzene rings is 3. The molecule has 3 heterocycles. The molecule has 1 saturated carbocycles. The van der Waals surface area contributed by atoms with Gasteiger partial charge in [-0.2, -0.15) is 5.10 Å². The zero-order valence-electron chi connectivity index (χ0n) is 23.8. The molecular formula is C32H24F2N4O5S. The van der Waals surface area contributed by atoms with Gasteiger partial charge in [-0.1, -0.05) is 24.3 Å². The largest absolute Gasteiger partial charge is 0.586 e. The van der Waals surface area contributed by atoms with Gasteiger partial charge in [0.05, 0.1) is 10.6 Å². The summed E-state index contributed by atoms with van der Waals surface area (Å²) in [5, 5.41) is 4.67. The lowest BCUT2D eigenvalue weighted by Crippen LogP contribution is -2.25. The molecule has 9 nitrogen and oxygen atoms in total. The highest BCUT2D eigenvalue weighted by Gasteiger charge is 2.55. The van der Waals surface area contributed by atoms with E-state index in [0.717, 1.165) is 30.4 Å². The van der Waals surface area contributed by atoms with E-state index in [1.165, 1.54) is 18.2 Å². The number of oxazole rings is 1. The maximum absolute atomic E-state index is 13.8. The van der Waals surface area contributed by atoms with Crippen LogP contribution in [0, 0.1) is 13.5 Å². The molecule has 1 aliphatic carbocycles. The maximum Gasteiger partial charge on any atom is 0.586 e. The number of nitrogens with zero attached hydrogens (tertiary/aromatic N) is 4. The third-order valence-corrected chi connectivity index (χ3v) is 8.95. The molecule has 2 aliphatic rings. The summed E-state index contributed by atoms with van der Waals surface area (Å²) in [7, 11) is -1.65. The summed E-state index contributed by atoms with van der Waals surface area (Å²) in [6.45, 7) is 9.38. The Hall–Kier alpha value is -5.02. The summed E-state index contributed by atoms with van der Waals surface area (Å²) in [6, 6.07) is 18.6. The Balaban J connectivity index is 1.43. The van der Waals surface area contributed by atoms with Crippen LogP contribution in [0.15, 0.2) is 76.0 Å². The fraction of sp³-hybridized carbons (Fsp3) is 0.219. The molecule has 222 valence electrons. The summed E-state index contributed by atoms with van der Waals surface area (Å²) in [4.78, 5) is 8.61. The first-order chi connectivity index (χ1) is 20.9. The van der Waals surface area contributed by atoms with Gasteiger partial charge in [0.25, 0.3) is 5.54 Å². The van der Waals surface area contributed by atoms with Crippen LogP contribution in [-0.2, 0) is 22.4 Å². The summed E-state index contributed by atoms with van der Waals surface area (Å²) in [6.07, 6.45) is -1.14. The summed E-state index contributed by atoms with van der Waals surface area (Å²) >= 11 is 0. The predicted octanol–water partition coefficient (Wildman–Crippen LogP) is 7.02. The second kappa shape index (κ2) is 9.49. The number of aromatic nitrogens is 3. The Kier molecular flexibility index (Phi) is 5.99. The van der Waals surface area contributed by atoms with E-state index in [-0.39, 0.29) is 16.4 Å². The van der Waals surface area contributed by atoms with E-state index in [0.29, 0.717) is 45.3 Å². The lowest BCUT2D eigenvalue weighted by molar-refractivity contribution is -0.286. The van der Waals surface area contributed by atoms with Crippen LogP contribution in [0.4, 0.5) is 8.78 Å². The first kappa shape index (κ1) is 27.8. The number of alkyl halides is 2. The maximum atomic E-state index is 13.8. The van der Waals surface area contributed by atoms with Gasteiger partial charge >= 0.3 is 6.29 Å². The van der Waals surface area contributed by atoms with Crippen LogP contribution < -0.4 is 9.47 Å². The molecule has 0 N–H and O–H groups in total. The van der Waals surface area contributed by atoms with Gasteiger partial charge in [-0.15, -0.1) is 8.78 Å². The highest BCUT2D eigenvalue weighted by Crippen LogP contribution is 2.50. The SMILES string of the molecule is [C-]#[N+]C1(c2cc(-c3ccc(-c4cccc(S(C)(=O)=O)c4)cc3-c3oc(C)nc3-c3ccc4c(c3)OC(F)(F)O4)n(C)n2)CC1. The van der Waals surface area contributed by atoms with Crippen molar-refractivity contribution < 1.29 is 31.1 Å². The third kappa shape index (κ3) is 4.69. The molecule has 12 heteroatoms. The Labute approximate surface area is 251 Å². The van der Waals surface area contributed by atoms with E-state index in [1.54, 1.807) is 36.9 Å². The van der Waals surface area contributed by atoms with Gasteiger partial charge < -0.3 is 18.7 Å². The van der Waals surface area contributed by atoms with Crippen LogP contribution in [0.2, 0.25) is 0 Å². The minimum atomic E-state index is -3.77. The van der Waals surface area contributed by atoms with Crippen LogP contribution in [0.1, 0.15) is 24.4 Å². The van der Waals surface area contributed by atoms with Gasteiger partial charge in [0.15, 0.2) is 33.0 Å². The number of halogens is 2. The third-order valence-electron chi connectivity index (χ3n) is 7.84. The summed E-state index contributed by atoms with van der Waals surface area (Å²) < 4.78 is 69.3. The standard InChI is InChI=1S/C32H24F2N4O5S/c1-18-36-29(21-9-11-26-27(16-21)43-32(33,34)42-26)30(41-18)24-15-20(19-6-5-7-22(14-19)44(4,39)40)8-10-23(24)25-17-28(37-38(25)3)31(35-2)12-13-31/h5-11,14-17H,12-13H2,1,3-4H3. The number of rotatable bonds is 6. The van der Waals surface area contributed by atoms with E-state index in [9.17, 15) is 17.2 Å². The van der Waals surface area contributed by atoms with E-state index in [4.69, 9.17) is 11.0 Å². The minimum Gasteiger partial charge on any atom is -0.440 e. The van der Waals surface area contributed by atoms with E-state index in [2.05, 4.69) is 24.4 Å². The van der Waals surface area contributed by atoms with Crippen LogP contribution in [0.3, 0.4) is 0 Å². The van der Waals surface area contributed by atoms with Crippen LogP contribution in [-0.4, -0.2) is 35.7 Å². The van der Waals surface area contributed by atoms with E-state index < -0.39 is 21.7 Å². The molecule has 0 unspecified atom stereocenters. The van der Waals surface area contributed by atoms with Crippen LogP contribution >= 0.6 is 0 Å². The Morgan fingerprint density at radius 1 is 0.932 bits per heavy atom. The molecule has 0 saturated heterocycles. The second-order valence-electron chi connectivity index (χ2n) is 11.0. The van der Waals surface area contributed by atoms with Gasteiger partial charge in [0.2, 0.25) is 0 Å². The van der Waals surface area contributed by atoms with E-state index >= 15 is 0 Å². The molecule has 0 atom stereocenters. The second-order valence-corrected chi connectivity index (χ2v) is 13.0. The van der Waals surface area contributed by atoms with Crippen molar-refractivity contribution in [2.45, 2.75) is 36.5 Å². The van der Waals surface area contributed by atoms with Crippen molar-refractivity contribution in [1.82, 2.24) is 14.8 Å². The molecule has 2 aromatic heterocycles. The molecule has 7 rings (SSSR count). The molecule has 5 aromatic rings. The zero-order valence-corrected chi connectivity index (χ0v) is 24.6. The Bertz CT molecular complexity index is 2140. The first-order valence-electron chi connectivity index (χ1n) is 13.6. The van der Waals surface area contributed by atoms with Gasteiger partial charge in [0.1, 0.15) is 11.4 Å². The minimum absolute atomic E-state index is 0.0924. The van der Waals surface area contributed by atoms with Crippen molar-refractivity contribution in [3.05, 3.63) is 89.7 Å². The van der Waals surface area contributed by atoms with Gasteiger partial charge in [-0.3, -0.25) is 4.68 Å². The summed E-state index contributed by atoms with van der Waals surface area (Å²) in [5.74, 6) is 0.475. The average Bonchev–Trinajstić information content (AvgIpc) is 3.38. The number of sulfone groups is 1. The normalized spacial score (nSPS) is 16.1. The predicted molar refractivity (Wildman–Crippen MR) is 157 cm³/mol. The van der Waals surface area contributed by atoms with Crippen molar-refractivity contribution in [3.63, 3.8) is 0 Å². The van der Waals surface area contributed by atoms with Crippen molar-refractivity contribution in [3.8, 4) is 56.5 Å². The number of aryl methyl sites for hydroxylation is 2. The number of hydrogen-bond acceptors (Lipinski definition) is 7. The average molecular weight is 615 g/mol. The molecule has 0 spiro atoms. The lowest BCUT2D eigenvalue weighted by Gasteiger charge is -2.13. The number of fused-ring (bicyclic) bond motifs is 1. The quantitative estimate of drug-likeness (QED) is 0.190. The Morgan fingerprint density at radius 3 is 2.39 bits per heavy atom. The van der Waals surface area contributed by atoms with Crippen molar-refractivity contribution >= 4 is 9.84 Å². The molecule has 1 aliphatic heterocycles. The number of hydrogen-bond donors (Lipinski definition) is 0. The van der Waals surface area contributed by atoms with E-state index in [1.807, 2.05) is 30.3 Å². The van der Waals surface area contributed by atoms with Crippen molar-refractivity contribution in [1.29, 1.82) is 0 Å². The topological polar surface area (TPSA) is 101 Å². The molecular weight excluding hydrogens is 590 g/mol. The lowest BCUT2D eigenvalue weighted by atomic mass is 9.94. The molecule has 1 fully saturated rings. The van der Waals surface area contributed by atoms with Gasteiger partial charge in [-0.25, -0.2) is 20.0 Å². The molecule has 3 aromatic carbocycles. The smallest absolute Gasteiger partial charge is 0.440 e. The monoisotopic (exact) mass is 614 g/mol. The fourth-order valence-electron chi connectivity index (χ4n) is 5.43. The molecule has 0 bridgehead atoms. The van der Waals surface area contributed by atoms with Crippen LogP contribution in [0.25, 0.3) is 49.8 Å². The fourth-order valence-corrected chi connectivity index (χ4v) is 6.10. The molecule has 44 heavy (non-hydrogen) atoms. The Morgan fingerprint density at radius 2 is 1.66 bits per heavy atom. The molecule has 0 radical (unpaired) electrons. The highest BCUT2D eigenvalue weighted by molar-refractivity contribution is 7.90. The highest BCUT2D eigenvalue weighted by atomic mass is 32.2. The van der Waals surface area contributed by atoms with Gasteiger partial charge in [-0.05, 0) is 53.6 Å². The number of ether oxygens (including phenoxy) is 2. The van der Waals surface area contributed by atoms with Crippen molar-refractivity contribution in [2.24, 2.45) is 7.05 Å². The van der Waals surface area contributed by atoms with Crippen LogP contribution in [0.5, 0.6) is 11.5 Å². The molecule has 0 amide bonds. The zero-order chi connectivity index (χ0) is 31.0. The first-order valence-corrected chi connectivity index (χ1v) is 15.5. The van der Waals surface area contributed by atoms with Crippen molar-refractivity contribution in [2.75, 3.05) is 6.26 Å².